The molecule has 2 amide bonds. The number of amides is 2. The van der Waals surface area contributed by atoms with Crippen molar-refractivity contribution in [2.75, 3.05) is 33.7 Å². The first kappa shape index (κ1) is 13.5. The van der Waals surface area contributed by atoms with E-state index in [-0.39, 0.29) is 11.8 Å². The van der Waals surface area contributed by atoms with E-state index >= 15 is 0 Å². The minimum atomic E-state index is -0.166. The van der Waals surface area contributed by atoms with E-state index in [1.54, 1.807) is 0 Å². The molecule has 1 aromatic heterocycles. The van der Waals surface area contributed by atoms with Gasteiger partial charge in [-0.25, -0.2) is 0 Å². The Morgan fingerprint density at radius 3 is 3.00 bits per heavy atom. The van der Waals surface area contributed by atoms with Gasteiger partial charge in [0.2, 0.25) is 0 Å². The van der Waals surface area contributed by atoms with Crippen molar-refractivity contribution >= 4 is 11.8 Å². The molecule has 0 unspecified atom stereocenters. The number of likely N-dealkylation sites (N-methyl/N-ethyl adjacent to an activating group) is 1. The second kappa shape index (κ2) is 5.79. The summed E-state index contributed by atoms with van der Waals surface area (Å²) in [5.41, 5.74) is 1.80. The number of aromatic nitrogens is 1. The zero-order valence-electron chi connectivity index (χ0n) is 11.2. The highest BCUT2D eigenvalue weighted by Gasteiger charge is 2.22. The molecule has 6 heteroatoms. The number of pyridine rings is 1. The van der Waals surface area contributed by atoms with Crippen LogP contribution in [0.25, 0.3) is 0 Å². The number of hydrogen-bond donors (Lipinski definition) is 2. The summed E-state index contributed by atoms with van der Waals surface area (Å²) in [7, 11) is 3.89. The van der Waals surface area contributed by atoms with Gasteiger partial charge in [0.1, 0.15) is 0 Å². The lowest BCUT2D eigenvalue weighted by Crippen LogP contribution is -2.36. The van der Waals surface area contributed by atoms with Gasteiger partial charge in [-0.05, 0) is 26.1 Å². The molecule has 0 fully saturated rings. The first-order valence-corrected chi connectivity index (χ1v) is 6.27. The van der Waals surface area contributed by atoms with Gasteiger partial charge in [-0.2, -0.15) is 0 Å². The van der Waals surface area contributed by atoms with E-state index in [0.29, 0.717) is 30.6 Å². The first-order chi connectivity index (χ1) is 9.09. The Bertz CT molecular complexity index is 499. The Morgan fingerprint density at radius 2 is 2.26 bits per heavy atom. The number of carbonyl (C=O) groups excluding carboxylic acids is 2. The van der Waals surface area contributed by atoms with Crippen LogP contribution in [0, 0.1) is 0 Å². The maximum Gasteiger partial charge on any atom is 0.253 e. The van der Waals surface area contributed by atoms with Crippen molar-refractivity contribution in [1.82, 2.24) is 20.5 Å². The van der Waals surface area contributed by atoms with Crippen LogP contribution in [0.4, 0.5) is 0 Å². The van der Waals surface area contributed by atoms with Crippen LogP contribution in [0.5, 0.6) is 0 Å². The summed E-state index contributed by atoms with van der Waals surface area (Å²) in [5.74, 6) is -0.322. The maximum absolute atomic E-state index is 12.1. The zero-order chi connectivity index (χ0) is 13.8. The van der Waals surface area contributed by atoms with Crippen LogP contribution in [0.15, 0.2) is 12.4 Å². The van der Waals surface area contributed by atoms with Crippen LogP contribution >= 0.6 is 0 Å². The van der Waals surface area contributed by atoms with E-state index in [0.717, 1.165) is 12.1 Å². The normalized spacial score (nSPS) is 13.9. The van der Waals surface area contributed by atoms with Crippen molar-refractivity contribution in [2.24, 2.45) is 0 Å². The van der Waals surface area contributed by atoms with Crippen molar-refractivity contribution < 1.29 is 9.59 Å². The van der Waals surface area contributed by atoms with Crippen LogP contribution in [0.2, 0.25) is 0 Å². The van der Waals surface area contributed by atoms with E-state index < -0.39 is 0 Å². The third-order valence-corrected chi connectivity index (χ3v) is 3.05. The van der Waals surface area contributed by atoms with E-state index in [2.05, 4.69) is 15.6 Å². The van der Waals surface area contributed by atoms with Gasteiger partial charge in [-0.3, -0.25) is 14.6 Å². The Morgan fingerprint density at radius 1 is 1.47 bits per heavy atom. The average molecular weight is 262 g/mol. The summed E-state index contributed by atoms with van der Waals surface area (Å²) < 4.78 is 0. The average Bonchev–Trinajstić information content (AvgIpc) is 2.38. The molecule has 0 bridgehead atoms. The Balaban J connectivity index is 2.14. The second-order valence-corrected chi connectivity index (χ2v) is 4.78. The molecular formula is C13H18N4O2. The van der Waals surface area contributed by atoms with E-state index in [9.17, 15) is 9.59 Å². The molecule has 0 radical (unpaired) electrons. The van der Waals surface area contributed by atoms with E-state index in [1.165, 1.54) is 12.4 Å². The fraction of sp³-hybridized carbons (Fsp3) is 0.462. The van der Waals surface area contributed by atoms with Crippen LogP contribution < -0.4 is 10.6 Å². The zero-order valence-corrected chi connectivity index (χ0v) is 11.2. The molecule has 102 valence electrons. The van der Waals surface area contributed by atoms with Gasteiger partial charge in [-0.15, -0.1) is 0 Å². The number of nitrogens with one attached hydrogen (secondary N) is 2. The van der Waals surface area contributed by atoms with Crippen molar-refractivity contribution in [3.63, 3.8) is 0 Å². The summed E-state index contributed by atoms with van der Waals surface area (Å²) in [4.78, 5) is 29.8. The van der Waals surface area contributed by atoms with Crippen molar-refractivity contribution in [3.8, 4) is 0 Å². The Hall–Kier alpha value is -1.95. The Labute approximate surface area is 112 Å². The first-order valence-electron chi connectivity index (χ1n) is 6.27. The van der Waals surface area contributed by atoms with Crippen LogP contribution in [-0.2, 0) is 6.42 Å². The molecule has 6 nitrogen and oxygen atoms in total. The van der Waals surface area contributed by atoms with Crippen molar-refractivity contribution in [3.05, 3.63) is 29.1 Å². The fourth-order valence-corrected chi connectivity index (χ4v) is 2.03. The number of nitrogens with zero attached hydrogens (tertiary/aromatic N) is 2. The molecule has 0 saturated carbocycles. The van der Waals surface area contributed by atoms with Crippen molar-refractivity contribution in [2.45, 2.75) is 6.42 Å². The molecule has 1 aliphatic rings. The number of carbonyl (C=O) groups is 2. The van der Waals surface area contributed by atoms with Gasteiger partial charge in [0.25, 0.3) is 11.8 Å². The smallest absolute Gasteiger partial charge is 0.253 e. The lowest BCUT2D eigenvalue weighted by atomic mass is 9.97. The molecule has 2 rings (SSSR count). The fourth-order valence-electron chi connectivity index (χ4n) is 2.03. The van der Waals surface area contributed by atoms with E-state index in [1.807, 2.05) is 19.0 Å². The summed E-state index contributed by atoms with van der Waals surface area (Å²) in [6.07, 6.45) is 3.71. The molecule has 1 aliphatic heterocycles. The minimum absolute atomic E-state index is 0.156. The SMILES string of the molecule is CN(C)CCNC(=O)c1cncc2c1CCNC2=O. The lowest BCUT2D eigenvalue weighted by molar-refractivity contribution is 0.0943. The standard InChI is InChI=1S/C13H18N4O2/c1-17(2)6-5-16-13(19)11-8-14-7-10-9(11)3-4-15-12(10)18/h7-8H,3-6H2,1-2H3,(H,15,18)(H,16,19). The highest BCUT2D eigenvalue weighted by atomic mass is 16.2. The molecule has 2 N–H and O–H groups in total. The highest BCUT2D eigenvalue weighted by molar-refractivity contribution is 6.02. The molecule has 1 aromatic rings. The molecule has 0 spiro atoms. The molecule has 0 aromatic carbocycles. The maximum atomic E-state index is 12.1. The molecule has 19 heavy (non-hydrogen) atoms. The van der Waals surface area contributed by atoms with Gasteiger partial charge in [0.05, 0.1) is 11.1 Å². The molecule has 0 atom stereocenters. The Kier molecular flexibility index (Phi) is 4.11. The lowest BCUT2D eigenvalue weighted by Gasteiger charge is -2.19. The summed E-state index contributed by atoms with van der Waals surface area (Å²) in [5, 5.41) is 5.59. The number of rotatable bonds is 4. The number of hydrogen-bond acceptors (Lipinski definition) is 4. The topological polar surface area (TPSA) is 74.3 Å². The molecule has 0 saturated heterocycles. The largest absolute Gasteiger partial charge is 0.352 e. The summed E-state index contributed by atoms with van der Waals surface area (Å²) in [6, 6.07) is 0. The third-order valence-electron chi connectivity index (χ3n) is 3.05. The third kappa shape index (κ3) is 3.08. The molecule has 2 heterocycles. The van der Waals surface area contributed by atoms with Gasteiger partial charge < -0.3 is 15.5 Å². The van der Waals surface area contributed by atoms with Crippen LogP contribution in [0.1, 0.15) is 26.3 Å². The minimum Gasteiger partial charge on any atom is -0.352 e. The summed E-state index contributed by atoms with van der Waals surface area (Å²) >= 11 is 0. The molecular weight excluding hydrogens is 244 g/mol. The van der Waals surface area contributed by atoms with Gasteiger partial charge >= 0.3 is 0 Å². The van der Waals surface area contributed by atoms with Crippen molar-refractivity contribution in [1.29, 1.82) is 0 Å². The van der Waals surface area contributed by atoms with E-state index in [4.69, 9.17) is 0 Å². The van der Waals surface area contributed by atoms with Gasteiger partial charge in [0.15, 0.2) is 0 Å². The predicted molar refractivity (Wildman–Crippen MR) is 71.2 cm³/mol. The quantitative estimate of drug-likeness (QED) is 0.778. The summed E-state index contributed by atoms with van der Waals surface area (Å²) in [6.45, 7) is 1.91. The van der Waals surface area contributed by atoms with Crippen LogP contribution in [-0.4, -0.2) is 55.4 Å². The van der Waals surface area contributed by atoms with Crippen LogP contribution in [0.3, 0.4) is 0 Å². The van der Waals surface area contributed by atoms with Gasteiger partial charge in [0, 0.05) is 32.0 Å². The number of fused-ring (bicyclic) bond motifs is 1. The highest BCUT2D eigenvalue weighted by Crippen LogP contribution is 2.17. The second-order valence-electron chi connectivity index (χ2n) is 4.78. The monoisotopic (exact) mass is 262 g/mol. The predicted octanol–water partition coefficient (Wildman–Crippen LogP) is -0.341. The molecule has 0 aliphatic carbocycles. The van der Waals surface area contributed by atoms with Gasteiger partial charge in [-0.1, -0.05) is 0 Å².